The van der Waals surface area contributed by atoms with Crippen LogP contribution in [0.1, 0.15) is 40.2 Å². The Morgan fingerprint density at radius 2 is 2.00 bits per heavy atom. The molecule has 0 aromatic heterocycles. The van der Waals surface area contributed by atoms with Gasteiger partial charge in [-0.1, -0.05) is 23.7 Å². The van der Waals surface area contributed by atoms with Crippen LogP contribution in [0.4, 0.5) is 0 Å². The number of halogens is 1. The molecule has 1 aliphatic rings. The largest absolute Gasteiger partial charge is 0.508 e. The van der Waals surface area contributed by atoms with Crippen LogP contribution in [-0.4, -0.2) is 10.9 Å². The molecule has 2 aromatic rings. The lowest BCUT2D eigenvalue weighted by Crippen LogP contribution is -2.16. The Morgan fingerprint density at radius 1 is 1.16 bits per heavy atom. The van der Waals surface area contributed by atoms with Crippen molar-refractivity contribution in [2.75, 3.05) is 0 Å². The molecule has 3 rings (SSSR count). The van der Waals surface area contributed by atoms with Crippen molar-refractivity contribution in [1.29, 1.82) is 0 Å². The summed E-state index contributed by atoms with van der Waals surface area (Å²) in [6, 6.07) is 12.7. The number of rotatable bonds is 1. The van der Waals surface area contributed by atoms with Crippen molar-refractivity contribution in [3.05, 3.63) is 64.2 Å². The van der Waals surface area contributed by atoms with Gasteiger partial charge in [0.25, 0.3) is 0 Å². The van der Waals surface area contributed by atoms with E-state index in [1.807, 2.05) is 24.3 Å². The van der Waals surface area contributed by atoms with Gasteiger partial charge in [0.2, 0.25) is 0 Å². The molecule has 0 bridgehead atoms. The topological polar surface area (TPSA) is 37.3 Å². The van der Waals surface area contributed by atoms with Crippen LogP contribution in [0.2, 0.25) is 5.02 Å². The smallest absolute Gasteiger partial charge is 0.163 e. The van der Waals surface area contributed by atoms with Crippen LogP contribution in [0, 0.1) is 0 Å². The summed E-state index contributed by atoms with van der Waals surface area (Å²) in [6.07, 6.45) is 1.30. The number of benzene rings is 2. The van der Waals surface area contributed by atoms with Gasteiger partial charge >= 0.3 is 0 Å². The maximum absolute atomic E-state index is 11.9. The highest BCUT2D eigenvalue weighted by atomic mass is 35.5. The second kappa shape index (κ2) is 4.71. The van der Waals surface area contributed by atoms with Crippen LogP contribution >= 0.6 is 11.6 Å². The van der Waals surface area contributed by atoms with Crippen LogP contribution in [0.3, 0.4) is 0 Å². The summed E-state index contributed by atoms with van der Waals surface area (Å²) >= 11 is 6.03. The van der Waals surface area contributed by atoms with E-state index in [1.165, 1.54) is 0 Å². The summed E-state index contributed by atoms with van der Waals surface area (Å²) < 4.78 is 0. The molecule has 3 heteroatoms. The van der Waals surface area contributed by atoms with E-state index in [0.717, 1.165) is 17.5 Å². The summed E-state index contributed by atoms with van der Waals surface area (Å²) in [5.41, 5.74) is 2.71. The summed E-state index contributed by atoms with van der Waals surface area (Å²) in [7, 11) is 0. The molecule has 1 N–H and O–H groups in total. The van der Waals surface area contributed by atoms with E-state index in [1.54, 1.807) is 18.2 Å². The summed E-state index contributed by atoms with van der Waals surface area (Å²) in [4.78, 5) is 11.9. The minimum atomic E-state index is 0.124. The van der Waals surface area contributed by atoms with Crippen molar-refractivity contribution in [2.24, 2.45) is 0 Å². The number of carbonyl (C=O) groups is 1. The molecule has 1 aliphatic carbocycles. The fourth-order valence-electron chi connectivity index (χ4n) is 2.73. The first kappa shape index (κ1) is 12.2. The lowest BCUT2D eigenvalue weighted by Gasteiger charge is -2.25. The van der Waals surface area contributed by atoms with Crippen LogP contribution < -0.4 is 0 Å². The second-order valence-electron chi connectivity index (χ2n) is 4.84. The molecular weight excluding hydrogens is 260 g/mol. The molecule has 1 unspecified atom stereocenters. The van der Waals surface area contributed by atoms with Crippen LogP contribution in [0.15, 0.2) is 42.5 Å². The molecule has 0 saturated carbocycles. The molecule has 0 radical (unpaired) electrons. The molecule has 0 heterocycles. The highest BCUT2D eigenvalue weighted by Gasteiger charge is 2.27. The Labute approximate surface area is 116 Å². The third-order valence-electron chi connectivity index (χ3n) is 3.62. The number of fused-ring (bicyclic) bond motifs is 1. The van der Waals surface area contributed by atoms with Gasteiger partial charge in [-0.05, 0) is 47.9 Å². The highest BCUT2D eigenvalue weighted by Crippen LogP contribution is 2.38. The first-order valence-electron chi connectivity index (χ1n) is 6.27. The highest BCUT2D eigenvalue weighted by molar-refractivity contribution is 6.30. The Bertz CT molecular complexity index is 649. The predicted molar refractivity (Wildman–Crippen MR) is 75.0 cm³/mol. The SMILES string of the molecule is O=C1CCC(c2cccc(Cl)c2)c2cc(O)ccc21. The zero-order valence-electron chi connectivity index (χ0n) is 10.3. The molecule has 1 atom stereocenters. The van der Waals surface area contributed by atoms with Crippen LogP contribution in [-0.2, 0) is 0 Å². The van der Waals surface area contributed by atoms with E-state index in [-0.39, 0.29) is 17.5 Å². The van der Waals surface area contributed by atoms with Gasteiger partial charge in [-0.25, -0.2) is 0 Å². The normalized spacial score (nSPS) is 18.2. The first-order chi connectivity index (χ1) is 9.15. The summed E-state index contributed by atoms with van der Waals surface area (Å²) in [6.45, 7) is 0. The monoisotopic (exact) mass is 272 g/mol. The molecule has 0 spiro atoms. The summed E-state index contributed by atoms with van der Waals surface area (Å²) in [5, 5.41) is 10.3. The van der Waals surface area contributed by atoms with Gasteiger partial charge in [0.1, 0.15) is 5.75 Å². The van der Waals surface area contributed by atoms with E-state index in [2.05, 4.69) is 0 Å². The Kier molecular flexibility index (Phi) is 3.03. The molecule has 19 heavy (non-hydrogen) atoms. The Balaban J connectivity index is 2.13. The van der Waals surface area contributed by atoms with E-state index in [4.69, 9.17) is 11.6 Å². The Hall–Kier alpha value is -1.80. The number of carbonyl (C=O) groups excluding carboxylic acids is 1. The van der Waals surface area contributed by atoms with Crippen LogP contribution in [0.25, 0.3) is 0 Å². The number of aromatic hydroxyl groups is 1. The number of hydrogen-bond acceptors (Lipinski definition) is 2. The second-order valence-corrected chi connectivity index (χ2v) is 5.28. The Morgan fingerprint density at radius 3 is 2.79 bits per heavy atom. The van der Waals surface area contributed by atoms with Crippen molar-refractivity contribution < 1.29 is 9.90 Å². The maximum Gasteiger partial charge on any atom is 0.163 e. The van der Waals surface area contributed by atoms with Gasteiger partial charge < -0.3 is 5.11 Å². The molecular formula is C16H13ClO2. The zero-order chi connectivity index (χ0) is 13.4. The number of phenols is 1. The minimum absolute atomic E-state index is 0.124. The van der Waals surface area contributed by atoms with Crippen molar-refractivity contribution in [1.82, 2.24) is 0 Å². The third-order valence-corrected chi connectivity index (χ3v) is 3.86. The standard InChI is InChI=1S/C16H13ClO2/c17-11-3-1-2-10(8-11)13-6-7-16(19)14-5-4-12(18)9-15(13)14/h1-5,8-9,13,18H,6-7H2. The minimum Gasteiger partial charge on any atom is -0.508 e. The van der Waals surface area contributed by atoms with Gasteiger partial charge in [-0.2, -0.15) is 0 Å². The third kappa shape index (κ3) is 2.24. The van der Waals surface area contributed by atoms with E-state index < -0.39 is 0 Å². The number of hydrogen-bond donors (Lipinski definition) is 1. The molecule has 2 nitrogen and oxygen atoms in total. The average Bonchev–Trinajstić information content (AvgIpc) is 2.39. The fourth-order valence-corrected chi connectivity index (χ4v) is 2.93. The van der Waals surface area contributed by atoms with Gasteiger partial charge in [0, 0.05) is 22.9 Å². The van der Waals surface area contributed by atoms with Crippen LogP contribution in [0.5, 0.6) is 5.75 Å². The molecule has 0 fully saturated rings. The van der Waals surface area contributed by atoms with E-state index >= 15 is 0 Å². The lowest BCUT2D eigenvalue weighted by atomic mass is 9.78. The predicted octanol–water partition coefficient (Wildman–Crippen LogP) is 4.15. The molecule has 0 saturated heterocycles. The van der Waals surface area contributed by atoms with Gasteiger partial charge in [0.15, 0.2) is 5.78 Å². The molecule has 96 valence electrons. The first-order valence-corrected chi connectivity index (χ1v) is 6.64. The van der Waals surface area contributed by atoms with Crippen molar-refractivity contribution in [3.8, 4) is 5.75 Å². The molecule has 0 aliphatic heterocycles. The number of Topliss-reactive ketones (excluding diaryl/α,β-unsaturated/α-hetero) is 1. The molecule has 0 amide bonds. The van der Waals surface area contributed by atoms with Gasteiger partial charge in [-0.15, -0.1) is 0 Å². The van der Waals surface area contributed by atoms with Crippen molar-refractivity contribution in [2.45, 2.75) is 18.8 Å². The molecule has 2 aromatic carbocycles. The van der Waals surface area contributed by atoms with E-state index in [9.17, 15) is 9.90 Å². The number of phenolic OH excluding ortho intramolecular Hbond substituents is 1. The quantitative estimate of drug-likeness (QED) is 0.847. The average molecular weight is 273 g/mol. The zero-order valence-corrected chi connectivity index (χ0v) is 11.0. The fraction of sp³-hybridized carbons (Fsp3) is 0.188. The number of ketones is 1. The van der Waals surface area contributed by atoms with Gasteiger partial charge in [0.05, 0.1) is 0 Å². The van der Waals surface area contributed by atoms with Gasteiger partial charge in [-0.3, -0.25) is 4.79 Å². The maximum atomic E-state index is 11.9. The van der Waals surface area contributed by atoms with Crippen molar-refractivity contribution >= 4 is 17.4 Å². The van der Waals surface area contributed by atoms with Crippen molar-refractivity contribution in [3.63, 3.8) is 0 Å². The van der Waals surface area contributed by atoms with E-state index in [0.29, 0.717) is 17.0 Å². The summed E-state index contributed by atoms with van der Waals surface area (Å²) in [5.74, 6) is 0.465. The lowest BCUT2D eigenvalue weighted by molar-refractivity contribution is 0.0969.